The van der Waals surface area contributed by atoms with Gasteiger partial charge >= 0.3 is 0 Å². The lowest BCUT2D eigenvalue weighted by molar-refractivity contribution is 0.0938. The number of rotatable bonds is 9. The molecule has 194 valence electrons. The van der Waals surface area contributed by atoms with Gasteiger partial charge in [0.05, 0.1) is 27.6 Å². The number of carbonyl (C=O) groups excluding carboxylic acids is 1. The molecule has 1 heterocycles. The van der Waals surface area contributed by atoms with E-state index in [0.29, 0.717) is 10.5 Å². The second-order valence-electron chi connectivity index (χ2n) is 9.10. The number of aromatic nitrogens is 1. The second-order valence-corrected chi connectivity index (χ2v) is 12.7. The van der Waals surface area contributed by atoms with E-state index in [-0.39, 0.29) is 24.3 Å². The number of fused-ring (bicyclic) bond motifs is 1. The zero-order valence-corrected chi connectivity index (χ0v) is 22.3. The van der Waals surface area contributed by atoms with Gasteiger partial charge in [-0.15, -0.1) is 11.3 Å². The van der Waals surface area contributed by atoms with Crippen molar-refractivity contribution in [3.8, 4) is 22.6 Å². The van der Waals surface area contributed by atoms with Crippen LogP contribution in [-0.4, -0.2) is 54.2 Å². The third-order valence-corrected chi connectivity index (χ3v) is 9.63. The molecule has 8 nitrogen and oxygen atoms in total. The summed E-state index contributed by atoms with van der Waals surface area (Å²) in [7, 11) is -2.09. The third kappa shape index (κ3) is 5.76. The Labute approximate surface area is 219 Å². The molecule has 3 N–H and O–H groups in total. The highest BCUT2D eigenvalue weighted by Crippen LogP contribution is 2.35. The van der Waals surface area contributed by atoms with Crippen molar-refractivity contribution in [3.05, 3.63) is 77.3 Å². The number of aliphatic hydroxyl groups excluding tert-OH is 1. The Kier molecular flexibility index (Phi) is 7.54. The van der Waals surface area contributed by atoms with Gasteiger partial charge in [-0.25, -0.2) is 13.4 Å². The third-order valence-electron chi connectivity index (χ3n) is 6.41. The Morgan fingerprint density at radius 2 is 1.78 bits per heavy atom. The van der Waals surface area contributed by atoms with Crippen molar-refractivity contribution in [1.82, 2.24) is 10.3 Å². The van der Waals surface area contributed by atoms with Crippen molar-refractivity contribution in [2.24, 2.45) is 0 Å². The van der Waals surface area contributed by atoms with E-state index in [1.54, 1.807) is 19.2 Å². The van der Waals surface area contributed by atoms with Crippen molar-refractivity contribution in [2.45, 2.75) is 24.2 Å². The first kappa shape index (κ1) is 26.6. The van der Waals surface area contributed by atoms with Crippen molar-refractivity contribution < 1.29 is 28.2 Å². The van der Waals surface area contributed by atoms with Gasteiger partial charge in [-0.05, 0) is 54.4 Å². The molecule has 2 atom stereocenters. The number of hydrogen-bond donors (Lipinski definition) is 3. The van der Waals surface area contributed by atoms with Crippen LogP contribution in [0.4, 0.5) is 0 Å². The van der Waals surface area contributed by atoms with Gasteiger partial charge in [-0.3, -0.25) is 4.79 Å². The Morgan fingerprint density at radius 3 is 2.43 bits per heavy atom. The highest BCUT2D eigenvalue weighted by molar-refractivity contribution is 7.92. The molecular formula is C27H28N2O6S2. The van der Waals surface area contributed by atoms with E-state index in [2.05, 4.69) is 10.3 Å². The van der Waals surface area contributed by atoms with Crippen LogP contribution < -0.4 is 10.1 Å². The van der Waals surface area contributed by atoms with Crippen molar-refractivity contribution in [1.29, 1.82) is 0 Å². The van der Waals surface area contributed by atoms with E-state index in [1.165, 1.54) is 30.4 Å². The standard InChI is InChI=1S/C27H28N2O6S2/c1-27(37(3,33)34,16-28-25(32)20-6-4-5-7-22(20)30)15-23(31)26-29-21-13-10-18(14-24(21)36-26)17-8-11-19(35-2)12-9-17/h4-14,23,30-31H,15-16H2,1-3H3,(H,28,32)/t23-,27-/m1/s1. The minimum Gasteiger partial charge on any atom is -0.507 e. The van der Waals surface area contributed by atoms with Gasteiger partial charge in [0.2, 0.25) is 0 Å². The van der Waals surface area contributed by atoms with Crippen molar-refractivity contribution in [3.63, 3.8) is 0 Å². The summed E-state index contributed by atoms with van der Waals surface area (Å²) >= 11 is 1.30. The molecule has 0 aliphatic rings. The predicted molar refractivity (Wildman–Crippen MR) is 145 cm³/mol. The molecule has 0 aliphatic heterocycles. The molecular weight excluding hydrogens is 512 g/mol. The van der Waals surface area contributed by atoms with Crippen LogP contribution in [0, 0.1) is 0 Å². The number of phenols is 1. The normalized spacial score (nSPS) is 14.2. The van der Waals surface area contributed by atoms with E-state index in [4.69, 9.17) is 4.74 Å². The van der Waals surface area contributed by atoms with E-state index in [0.717, 1.165) is 27.8 Å². The van der Waals surface area contributed by atoms with Crippen LogP contribution in [0.3, 0.4) is 0 Å². The van der Waals surface area contributed by atoms with E-state index in [9.17, 15) is 23.4 Å². The summed E-state index contributed by atoms with van der Waals surface area (Å²) in [6, 6.07) is 19.5. The molecule has 4 aromatic rings. The minimum atomic E-state index is -3.70. The smallest absolute Gasteiger partial charge is 0.255 e. The van der Waals surface area contributed by atoms with Gasteiger partial charge < -0.3 is 20.3 Å². The SMILES string of the molecule is COc1ccc(-c2ccc3nc([C@H](O)C[C@](C)(CNC(=O)c4ccccc4O)S(C)(=O)=O)sc3c2)cc1. The monoisotopic (exact) mass is 540 g/mol. The molecule has 0 saturated heterocycles. The van der Waals surface area contributed by atoms with Gasteiger partial charge in [0, 0.05) is 19.2 Å². The molecule has 1 amide bonds. The Balaban J connectivity index is 1.54. The molecule has 0 bridgehead atoms. The number of para-hydroxylation sites is 1. The summed E-state index contributed by atoms with van der Waals surface area (Å²) in [6.07, 6.45) is -0.257. The number of aliphatic hydroxyl groups is 1. The zero-order chi connectivity index (χ0) is 26.8. The molecule has 0 saturated carbocycles. The summed E-state index contributed by atoms with van der Waals surface area (Å²) in [6.45, 7) is 1.23. The number of nitrogens with zero attached hydrogens (tertiary/aromatic N) is 1. The number of hydrogen-bond acceptors (Lipinski definition) is 8. The molecule has 4 rings (SSSR count). The maximum Gasteiger partial charge on any atom is 0.255 e. The number of ether oxygens (including phenoxy) is 1. The average molecular weight is 541 g/mol. The first-order valence-electron chi connectivity index (χ1n) is 11.5. The van der Waals surface area contributed by atoms with Crippen LogP contribution >= 0.6 is 11.3 Å². The quantitative estimate of drug-likeness (QED) is 0.288. The van der Waals surface area contributed by atoms with Gasteiger partial charge in [-0.2, -0.15) is 0 Å². The summed E-state index contributed by atoms with van der Waals surface area (Å²) in [4.78, 5) is 17.1. The van der Waals surface area contributed by atoms with Crippen molar-refractivity contribution in [2.75, 3.05) is 19.9 Å². The molecule has 0 fully saturated rings. The zero-order valence-electron chi connectivity index (χ0n) is 20.6. The first-order valence-corrected chi connectivity index (χ1v) is 14.2. The molecule has 0 unspecified atom stereocenters. The number of sulfone groups is 1. The molecule has 1 aromatic heterocycles. The van der Waals surface area contributed by atoms with Crippen LogP contribution in [0.25, 0.3) is 21.3 Å². The van der Waals surface area contributed by atoms with E-state index < -0.39 is 26.6 Å². The first-order chi connectivity index (χ1) is 17.5. The number of methoxy groups -OCH3 is 1. The van der Waals surface area contributed by atoms with Crippen LogP contribution in [0.5, 0.6) is 11.5 Å². The number of nitrogens with one attached hydrogen (secondary N) is 1. The fraction of sp³-hybridized carbons (Fsp3) is 0.259. The van der Waals surface area contributed by atoms with Gasteiger partial charge in [0.25, 0.3) is 5.91 Å². The lowest BCUT2D eigenvalue weighted by Gasteiger charge is -2.29. The number of phenolic OH excluding ortho intramolecular Hbond substituents is 1. The summed E-state index contributed by atoms with van der Waals surface area (Å²) < 4.78 is 30.0. The van der Waals surface area contributed by atoms with Crippen LogP contribution in [0.2, 0.25) is 0 Å². The summed E-state index contributed by atoms with van der Waals surface area (Å²) in [5.41, 5.74) is 2.72. The number of benzene rings is 3. The fourth-order valence-corrected chi connectivity index (χ4v) is 5.71. The summed E-state index contributed by atoms with van der Waals surface area (Å²) in [5, 5.41) is 23.9. The minimum absolute atomic E-state index is 0.0396. The molecule has 37 heavy (non-hydrogen) atoms. The summed E-state index contributed by atoms with van der Waals surface area (Å²) in [5.74, 6) is -0.0446. The van der Waals surface area contributed by atoms with Gasteiger partial charge in [-0.1, -0.05) is 30.3 Å². The maximum absolute atomic E-state index is 12.7. The highest BCUT2D eigenvalue weighted by Gasteiger charge is 2.39. The van der Waals surface area contributed by atoms with Crippen LogP contribution in [-0.2, 0) is 9.84 Å². The number of carbonyl (C=O) groups is 1. The molecule has 0 aliphatic carbocycles. The molecule has 10 heteroatoms. The average Bonchev–Trinajstić information content (AvgIpc) is 3.31. The van der Waals surface area contributed by atoms with Crippen LogP contribution in [0.1, 0.15) is 34.8 Å². The Hall–Kier alpha value is -3.47. The fourth-order valence-electron chi connectivity index (χ4n) is 3.93. The lowest BCUT2D eigenvalue weighted by atomic mass is 10.0. The number of thiazole rings is 1. The van der Waals surface area contributed by atoms with Gasteiger partial charge in [0.15, 0.2) is 9.84 Å². The van der Waals surface area contributed by atoms with Crippen LogP contribution in [0.15, 0.2) is 66.7 Å². The Bertz CT molecular complexity index is 1530. The lowest BCUT2D eigenvalue weighted by Crippen LogP contribution is -2.47. The predicted octanol–water partition coefficient (Wildman–Crippen LogP) is 4.33. The van der Waals surface area contributed by atoms with Crippen molar-refractivity contribution >= 4 is 37.3 Å². The topological polar surface area (TPSA) is 126 Å². The van der Waals surface area contributed by atoms with E-state index in [1.807, 2.05) is 42.5 Å². The van der Waals surface area contributed by atoms with E-state index >= 15 is 0 Å². The largest absolute Gasteiger partial charge is 0.507 e. The number of aromatic hydroxyl groups is 1. The van der Waals surface area contributed by atoms with Gasteiger partial charge in [0.1, 0.15) is 22.6 Å². The number of amides is 1. The highest BCUT2D eigenvalue weighted by atomic mass is 32.2. The molecule has 0 radical (unpaired) electrons. The molecule has 0 spiro atoms. The Morgan fingerprint density at radius 1 is 1.11 bits per heavy atom. The molecule has 3 aromatic carbocycles. The maximum atomic E-state index is 12.7. The second kappa shape index (κ2) is 10.5.